The van der Waals surface area contributed by atoms with Crippen molar-refractivity contribution in [2.75, 3.05) is 52.9 Å². The molecule has 0 amide bonds. The standard InChI is InChI=1S/C19H27N3O3.C18H24ClN3O3/c1-14(2)18-20-16(4)21-19(22-18)25-12-11-23-9-10-24-13-17-7-5-15(3)6-8-17;1-13(2)16-6-4-15(5-7-16)12-24-9-8-23-10-11-25-18-21-14(3)20-17(19)22-18/h5-8,14H,9-13H2,1-4H3;4-7,13H,8-12H2,1-3H3. The number of nitrogens with zero attached hydrogens (tertiary/aromatic N) is 6. The molecule has 0 radical (unpaired) electrons. The Morgan fingerprint density at radius 1 is 0.500 bits per heavy atom. The van der Waals surface area contributed by atoms with Gasteiger partial charge in [0, 0.05) is 5.92 Å². The first-order valence-electron chi connectivity index (χ1n) is 16.9. The topological polar surface area (TPSA) is 133 Å². The minimum absolute atomic E-state index is 0.123. The molecule has 0 aliphatic carbocycles. The molecule has 0 spiro atoms. The zero-order chi connectivity index (χ0) is 36.1. The van der Waals surface area contributed by atoms with Crippen molar-refractivity contribution in [2.45, 2.75) is 73.5 Å². The SMILES string of the molecule is Cc1ccc(COCCOCCOc2nc(C)nc(C(C)C)n2)cc1.Cc1nc(Cl)nc(OCCOCCOCc2ccc(C(C)C)cc2)n1. The predicted molar refractivity (Wildman–Crippen MR) is 192 cm³/mol. The normalized spacial score (nSPS) is 11.1. The molecule has 0 bridgehead atoms. The van der Waals surface area contributed by atoms with Gasteiger partial charge in [0.05, 0.1) is 52.9 Å². The van der Waals surface area contributed by atoms with Crippen LogP contribution in [-0.4, -0.2) is 82.8 Å². The lowest BCUT2D eigenvalue weighted by Crippen LogP contribution is -2.13. The van der Waals surface area contributed by atoms with E-state index in [1.165, 1.54) is 16.7 Å². The maximum Gasteiger partial charge on any atom is 0.321 e. The van der Waals surface area contributed by atoms with Crippen LogP contribution in [-0.2, 0) is 32.2 Å². The van der Waals surface area contributed by atoms with E-state index in [9.17, 15) is 0 Å². The lowest BCUT2D eigenvalue weighted by molar-refractivity contribution is 0.0293. The smallest absolute Gasteiger partial charge is 0.321 e. The second-order valence-electron chi connectivity index (χ2n) is 12.0. The van der Waals surface area contributed by atoms with Gasteiger partial charge in [-0.15, -0.1) is 0 Å². The highest BCUT2D eigenvalue weighted by Gasteiger charge is 2.08. The average Bonchev–Trinajstić information content (AvgIpc) is 3.08. The molecule has 0 aliphatic rings. The van der Waals surface area contributed by atoms with Crippen molar-refractivity contribution >= 4 is 11.6 Å². The van der Waals surface area contributed by atoms with Gasteiger partial charge in [-0.1, -0.05) is 81.8 Å². The number of rotatable bonds is 20. The molecule has 0 N–H and O–H groups in total. The maximum absolute atomic E-state index is 5.73. The fraction of sp³-hybridized carbons (Fsp3) is 0.514. The Morgan fingerprint density at radius 2 is 0.960 bits per heavy atom. The average molecular weight is 711 g/mol. The lowest BCUT2D eigenvalue weighted by Gasteiger charge is -2.09. The fourth-order valence-electron chi connectivity index (χ4n) is 4.18. The van der Waals surface area contributed by atoms with Crippen LogP contribution in [0.3, 0.4) is 0 Å². The van der Waals surface area contributed by atoms with Crippen molar-refractivity contribution in [1.82, 2.24) is 29.9 Å². The third kappa shape index (κ3) is 16.7. The van der Waals surface area contributed by atoms with Crippen molar-refractivity contribution in [2.24, 2.45) is 0 Å². The Hall–Kier alpha value is -3.81. The van der Waals surface area contributed by atoms with Gasteiger partial charge >= 0.3 is 12.0 Å². The zero-order valence-corrected chi connectivity index (χ0v) is 31.1. The van der Waals surface area contributed by atoms with Crippen LogP contribution >= 0.6 is 11.6 Å². The second kappa shape index (κ2) is 22.8. The number of hydrogen-bond donors (Lipinski definition) is 0. The van der Waals surface area contributed by atoms with Gasteiger partial charge in [0.15, 0.2) is 0 Å². The van der Waals surface area contributed by atoms with E-state index in [2.05, 4.69) is 99.2 Å². The molecular formula is C37H51ClN6O6. The second-order valence-corrected chi connectivity index (χ2v) is 12.4. The third-order valence-electron chi connectivity index (χ3n) is 6.93. The van der Waals surface area contributed by atoms with Crippen molar-refractivity contribution in [3.05, 3.63) is 93.5 Å². The minimum atomic E-state index is 0.123. The van der Waals surface area contributed by atoms with Gasteiger partial charge in [0.2, 0.25) is 5.28 Å². The van der Waals surface area contributed by atoms with E-state index in [4.69, 9.17) is 40.0 Å². The van der Waals surface area contributed by atoms with E-state index in [1.54, 1.807) is 6.92 Å². The molecule has 0 saturated carbocycles. The summed E-state index contributed by atoms with van der Waals surface area (Å²) in [5.74, 6) is 2.71. The molecule has 4 aromatic rings. The molecule has 0 saturated heterocycles. The Labute approximate surface area is 301 Å². The van der Waals surface area contributed by atoms with Crippen LogP contribution in [0.5, 0.6) is 12.0 Å². The molecule has 2 aromatic heterocycles. The van der Waals surface area contributed by atoms with Crippen LogP contribution < -0.4 is 9.47 Å². The van der Waals surface area contributed by atoms with E-state index in [-0.39, 0.29) is 17.2 Å². The summed E-state index contributed by atoms with van der Waals surface area (Å²) >= 11 is 5.73. The zero-order valence-electron chi connectivity index (χ0n) is 30.4. The lowest BCUT2D eigenvalue weighted by atomic mass is 10.0. The van der Waals surface area contributed by atoms with Crippen LogP contribution in [0, 0.1) is 20.8 Å². The van der Waals surface area contributed by atoms with Crippen molar-refractivity contribution in [3.8, 4) is 12.0 Å². The molecule has 12 nitrogen and oxygen atoms in total. The predicted octanol–water partition coefficient (Wildman–Crippen LogP) is 6.79. The van der Waals surface area contributed by atoms with Gasteiger partial charge in [-0.25, -0.2) is 9.97 Å². The monoisotopic (exact) mass is 710 g/mol. The van der Waals surface area contributed by atoms with Crippen molar-refractivity contribution < 1.29 is 28.4 Å². The highest BCUT2D eigenvalue weighted by molar-refractivity contribution is 6.28. The Morgan fingerprint density at radius 3 is 1.46 bits per heavy atom. The first-order valence-corrected chi connectivity index (χ1v) is 17.3. The highest BCUT2D eigenvalue weighted by atomic mass is 35.5. The number of benzene rings is 2. The van der Waals surface area contributed by atoms with Crippen LogP contribution in [0.1, 0.15) is 79.3 Å². The summed E-state index contributed by atoms with van der Waals surface area (Å²) in [4.78, 5) is 24.5. The Bertz CT molecular complexity index is 1510. The fourth-order valence-corrected chi connectivity index (χ4v) is 4.37. The first-order chi connectivity index (χ1) is 24.1. The van der Waals surface area contributed by atoms with Gasteiger partial charge < -0.3 is 28.4 Å². The molecule has 0 aliphatic heterocycles. The maximum atomic E-state index is 5.73. The molecule has 0 fully saturated rings. The van der Waals surface area contributed by atoms with E-state index < -0.39 is 0 Å². The number of hydrogen-bond acceptors (Lipinski definition) is 12. The molecular weight excluding hydrogens is 660 g/mol. The highest BCUT2D eigenvalue weighted by Crippen LogP contribution is 2.15. The van der Waals surface area contributed by atoms with Gasteiger partial charge in [0.1, 0.15) is 30.7 Å². The number of halogens is 1. The number of aryl methyl sites for hydroxylation is 3. The largest absolute Gasteiger partial charge is 0.461 e. The van der Waals surface area contributed by atoms with Gasteiger partial charge in [-0.2, -0.15) is 19.9 Å². The summed E-state index contributed by atoms with van der Waals surface area (Å²) in [6.07, 6.45) is 0. The summed E-state index contributed by atoms with van der Waals surface area (Å²) in [7, 11) is 0. The molecule has 0 atom stereocenters. The van der Waals surface area contributed by atoms with Gasteiger partial charge in [-0.05, 0) is 55.0 Å². The quantitative estimate of drug-likeness (QED) is 0.0894. The molecule has 2 heterocycles. The first kappa shape index (κ1) is 40.6. The molecule has 272 valence electrons. The Balaban J connectivity index is 0.000000270. The minimum Gasteiger partial charge on any atom is -0.461 e. The molecule has 0 unspecified atom stereocenters. The van der Waals surface area contributed by atoms with Crippen LogP contribution in [0.2, 0.25) is 5.28 Å². The number of aromatic nitrogens is 6. The summed E-state index contributed by atoms with van der Waals surface area (Å²) in [5, 5.41) is 0.123. The van der Waals surface area contributed by atoms with E-state index in [0.717, 1.165) is 11.4 Å². The van der Waals surface area contributed by atoms with Gasteiger partial charge in [0.25, 0.3) is 0 Å². The van der Waals surface area contributed by atoms with Crippen LogP contribution in [0.4, 0.5) is 0 Å². The van der Waals surface area contributed by atoms with Crippen molar-refractivity contribution in [3.63, 3.8) is 0 Å². The third-order valence-corrected chi connectivity index (χ3v) is 7.09. The number of ether oxygens (including phenoxy) is 6. The van der Waals surface area contributed by atoms with Crippen molar-refractivity contribution in [1.29, 1.82) is 0 Å². The molecule has 4 rings (SSSR count). The molecule has 2 aromatic carbocycles. The van der Waals surface area contributed by atoms with E-state index >= 15 is 0 Å². The molecule has 13 heteroatoms. The summed E-state index contributed by atoms with van der Waals surface area (Å²) < 4.78 is 33.0. The van der Waals surface area contributed by atoms with Gasteiger partial charge in [-0.3, -0.25) is 0 Å². The van der Waals surface area contributed by atoms with Crippen LogP contribution in [0.25, 0.3) is 0 Å². The summed E-state index contributed by atoms with van der Waals surface area (Å²) in [6, 6.07) is 17.4. The van der Waals surface area contributed by atoms with E-state index in [1.807, 2.05) is 20.8 Å². The summed E-state index contributed by atoms with van der Waals surface area (Å²) in [6.45, 7) is 19.0. The molecule has 50 heavy (non-hydrogen) atoms. The summed E-state index contributed by atoms with van der Waals surface area (Å²) in [5.41, 5.74) is 4.91. The van der Waals surface area contributed by atoms with Crippen LogP contribution in [0.15, 0.2) is 48.5 Å². The Kier molecular flexibility index (Phi) is 18.5. The van der Waals surface area contributed by atoms with E-state index in [0.29, 0.717) is 89.6 Å².